The van der Waals surface area contributed by atoms with E-state index in [0.29, 0.717) is 0 Å². The van der Waals surface area contributed by atoms with Crippen LogP contribution in [0, 0.1) is 6.92 Å². The standard InChI is InChI=1S/C17H26N2S/c1-3-16-12-19(8-9-20-16)17-7-4-14(10-13(17)2)11-18-15-5-6-15/h4,7,10,15-16,18H,3,5-6,8-9,11-12H2,1-2H3. The van der Waals surface area contributed by atoms with Gasteiger partial charge in [0.05, 0.1) is 0 Å². The van der Waals surface area contributed by atoms with Crippen molar-refractivity contribution < 1.29 is 0 Å². The normalized spacial score (nSPS) is 23.1. The van der Waals surface area contributed by atoms with E-state index in [1.807, 2.05) is 0 Å². The van der Waals surface area contributed by atoms with E-state index in [0.717, 1.165) is 17.8 Å². The number of hydrogen-bond donors (Lipinski definition) is 1. The Kier molecular flexibility index (Phi) is 4.57. The third-order valence-electron chi connectivity index (χ3n) is 4.37. The Balaban J connectivity index is 1.66. The average Bonchev–Trinajstić information content (AvgIpc) is 3.29. The molecule has 2 aliphatic rings. The highest BCUT2D eigenvalue weighted by Crippen LogP contribution is 2.28. The van der Waals surface area contributed by atoms with E-state index in [9.17, 15) is 0 Å². The summed E-state index contributed by atoms with van der Waals surface area (Å²) >= 11 is 2.14. The van der Waals surface area contributed by atoms with E-state index in [2.05, 4.69) is 54.0 Å². The Morgan fingerprint density at radius 1 is 1.35 bits per heavy atom. The minimum absolute atomic E-state index is 0.791. The second-order valence-corrected chi connectivity index (χ2v) is 7.53. The van der Waals surface area contributed by atoms with E-state index < -0.39 is 0 Å². The van der Waals surface area contributed by atoms with Gasteiger partial charge in [-0.1, -0.05) is 19.1 Å². The van der Waals surface area contributed by atoms with Crippen molar-refractivity contribution in [3.05, 3.63) is 29.3 Å². The molecule has 3 rings (SSSR count). The Labute approximate surface area is 127 Å². The van der Waals surface area contributed by atoms with Crippen molar-refractivity contribution >= 4 is 17.4 Å². The van der Waals surface area contributed by atoms with Gasteiger partial charge in [-0.3, -0.25) is 0 Å². The third-order valence-corrected chi connectivity index (χ3v) is 5.74. The summed E-state index contributed by atoms with van der Waals surface area (Å²) in [7, 11) is 0. The number of rotatable bonds is 5. The van der Waals surface area contributed by atoms with Crippen LogP contribution in [-0.4, -0.2) is 30.1 Å². The fraction of sp³-hybridized carbons (Fsp3) is 0.647. The molecule has 0 bridgehead atoms. The largest absolute Gasteiger partial charge is 0.369 e. The van der Waals surface area contributed by atoms with Gasteiger partial charge in [0.1, 0.15) is 0 Å². The fourth-order valence-electron chi connectivity index (χ4n) is 2.92. The summed E-state index contributed by atoms with van der Waals surface area (Å²) in [6.07, 6.45) is 4.01. The topological polar surface area (TPSA) is 15.3 Å². The van der Waals surface area contributed by atoms with E-state index in [1.165, 1.54) is 54.9 Å². The number of anilines is 1. The van der Waals surface area contributed by atoms with Gasteiger partial charge in [0.25, 0.3) is 0 Å². The predicted octanol–water partition coefficient (Wildman–Crippen LogP) is 3.58. The van der Waals surface area contributed by atoms with Crippen molar-refractivity contribution in [3.8, 4) is 0 Å². The maximum absolute atomic E-state index is 3.60. The molecule has 3 heteroatoms. The van der Waals surface area contributed by atoms with Crippen LogP contribution in [0.4, 0.5) is 5.69 Å². The molecule has 1 aromatic carbocycles. The van der Waals surface area contributed by atoms with Crippen molar-refractivity contribution in [2.75, 3.05) is 23.7 Å². The smallest absolute Gasteiger partial charge is 0.0396 e. The van der Waals surface area contributed by atoms with E-state index in [-0.39, 0.29) is 0 Å². The summed E-state index contributed by atoms with van der Waals surface area (Å²) < 4.78 is 0. The van der Waals surface area contributed by atoms with Crippen LogP contribution < -0.4 is 10.2 Å². The lowest BCUT2D eigenvalue weighted by molar-refractivity contribution is 0.686. The summed E-state index contributed by atoms with van der Waals surface area (Å²) in [5.74, 6) is 1.27. The number of aryl methyl sites for hydroxylation is 1. The van der Waals surface area contributed by atoms with Crippen LogP contribution in [0.25, 0.3) is 0 Å². The van der Waals surface area contributed by atoms with Gasteiger partial charge in [-0.15, -0.1) is 0 Å². The maximum atomic E-state index is 3.60. The second-order valence-electron chi connectivity index (χ2n) is 6.12. The number of nitrogens with zero attached hydrogens (tertiary/aromatic N) is 1. The van der Waals surface area contributed by atoms with Crippen molar-refractivity contribution in [2.24, 2.45) is 0 Å². The summed E-state index contributed by atoms with van der Waals surface area (Å²) in [5, 5.41) is 4.40. The molecule has 2 nitrogen and oxygen atoms in total. The molecule has 0 amide bonds. The Hall–Kier alpha value is -0.670. The number of thioether (sulfide) groups is 1. The zero-order valence-corrected chi connectivity index (χ0v) is 13.5. The van der Waals surface area contributed by atoms with Gasteiger partial charge in [-0.25, -0.2) is 0 Å². The Bertz CT molecular complexity index is 456. The second kappa shape index (κ2) is 6.40. The number of nitrogens with one attached hydrogen (secondary N) is 1. The molecule has 1 aromatic rings. The van der Waals surface area contributed by atoms with Crippen LogP contribution in [0.3, 0.4) is 0 Å². The minimum atomic E-state index is 0.791. The van der Waals surface area contributed by atoms with Crippen molar-refractivity contribution in [1.82, 2.24) is 5.32 Å². The van der Waals surface area contributed by atoms with E-state index >= 15 is 0 Å². The molecule has 20 heavy (non-hydrogen) atoms. The molecule has 1 saturated carbocycles. The molecule has 1 atom stereocenters. The highest BCUT2D eigenvalue weighted by Gasteiger charge is 2.21. The predicted molar refractivity (Wildman–Crippen MR) is 89.8 cm³/mol. The van der Waals surface area contributed by atoms with E-state index in [4.69, 9.17) is 0 Å². The highest BCUT2D eigenvalue weighted by atomic mass is 32.2. The molecule has 0 aromatic heterocycles. The summed E-state index contributed by atoms with van der Waals surface area (Å²) in [4.78, 5) is 2.58. The SMILES string of the molecule is CCC1CN(c2ccc(CNC3CC3)cc2C)CCS1. The molecule has 1 saturated heterocycles. The Morgan fingerprint density at radius 2 is 2.20 bits per heavy atom. The Morgan fingerprint density at radius 3 is 2.90 bits per heavy atom. The lowest BCUT2D eigenvalue weighted by Gasteiger charge is -2.34. The van der Waals surface area contributed by atoms with Crippen LogP contribution in [0.1, 0.15) is 37.3 Å². The molecule has 1 N–H and O–H groups in total. The molecule has 1 heterocycles. The molecule has 110 valence electrons. The van der Waals surface area contributed by atoms with Crippen molar-refractivity contribution in [2.45, 2.75) is 50.9 Å². The first-order chi connectivity index (χ1) is 9.76. The van der Waals surface area contributed by atoms with Gasteiger partial charge >= 0.3 is 0 Å². The lowest BCUT2D eigenvalue weighted by Crippen LogP contribution is -2.38. The van der Waals surface area contributed by atoms with Gasteiger partial charge in [0.2, 0.25) is 0 Å². The molecule has 1 unspecified atom stereocenters. The third kappa shape index (κ3) is 3.50. The monoisotopic (exact) mass is 290 g/mol. The number of hydrogen-bond acceptors (Lipinski definition) is 3. The van der Waals surface area contributed by atoms with Gasteiger partial charge in [-0.2, -0.15) is 11.8 Å². The van der Waals surface area contributed by atoms with Gasteiger partial charge in [0.15, 0.2) is 0 Å². The summed E-state index contributed by atoms with van der Waals surface area (Å²) in [5.41, 5.74) is 4.30. The zero-order chi connectivity index (χ0) is 13.9. The van der Waals surface area contributed by atoms with Crippen molar-refractivity contribution in [3.63, 3.8) is 0 Å². The average molecular weight is 290 g/mol. The molecule has 1 aliphatic carbocycles. The van der Waals surface area contributed by atoms with Crippen molar-refractivity contribution in [1.29, 1.82) is 0 Å². The van der Waals surface area contributed by atoms with Crippen LogP contribution >= 0.6 is 11.8 Å². The molecule has 0 spiro atoms. The van der Waals surface area contributed by atoms with Gasteiger partial charge in [-0.05, 0) is 43.4 Å². The fourth-order valence-corrected chi connectivity index (χ4v) is 4.10. The van der Waals surface area contributed by atoms with Gasteiger partial charge < -0.3 is 10.2 Å². The highest BCUT2D eigenvalue weighted by molar-refractivity contribution is 8.00. The first-order valence-corrected chi connectivity index (χ1v) is 9.00. The van der Waals surface area contributed by atoms with Crippen LogP contribution in [0.15, 0.2) is 18.2 Å². The summed E-state index contributed by atoms with van der Waals surface area (Å²) in [6, 6.07) is 7.80. The van der Waals surface area contributed by atoms with Crippen LogP contribution in [-0.2, 0) is 6.54 Å². The van der Waals surface area contributed by atoms with E-state index in [1.54, 1.807) is 0 Å². The maximum Gasteiger partial charge on any atom is 0.0396 e. The number of benzene rings is 1. The zero-order valence-electron chi connectivity index (χ0n) is 12.7. The van der Waals surface area contributed by atoms with Crippen LogP contribution in [0.5, 0.6) is 0 Å². The molecular weight excluding hydrogens is 264 g/mol. The molecule has 2 fully saturated rings. The first-order valence-electron chi connectivity index (χ1n) is 7.95. The quantitative estimate of drug-likeness (QED) is 0.892. The minimum Gasteiger partial charge on any atom is -0.369 e. The summed E-state index contributed by atoms with van der Waals surface area (Å²) in [6.45, 7) is 8.00. The van der Waals surface area contributed by atoms with Gasteiger partial charge in [0, 0.05) is 42.4 Å². The molecular formula is C17H26N2S. The lowest BCUT2D eigenvalue weighted by atomic mass is 10.1. The molecule has 0 radical (unpaired) electrons. The first kappa shape index (κ1) is 14.3. The molecule has 1 aliphatic heterocycles. The van der Waals surface area contributed by atoms with Crippen LogP contribution in [0.2, 0.25) is 0 Å².